The van der Waals surface area contributed by atoms with E-state index in [9.17, 15) is 0 Å². The van der Waals surface area contributed by atoms with Crippen LogP contribution in [0.15, 0.2) is 261 Å². The smallest absolute Gasteiger partial charge is 0.0623 e. The number of rotatable bonds is 10. The summed E-state index contributed by atoms with van der Waals surface area (Å²) in [5.74, 6) is 0. The summed E-state index contributed by atoms with van der Waals surface area (Å²) in [5, 5.41) is 2.17. The highest BCUT2D eigenvalue weighted by Crippen LogP contribution is 2.40. The van der Waals surface area contributed by atoms with E-state index in [1.54, 1.807) is 0 Å². The molecule has 1 heterocycles. The minimum absolute atomic E-state index is 0.492. The molecule has 0 amide bonds. The number of hydrogen-bond donors (Lipinski definition) is 0. The van der Waals surface area contributed by atoms with Gasteiger partial charge in [0.05, 0.1) is 12.4 Å². The molecule has 0 saturated heterocycles. The van der Waals surface area contributed by atoms with Gasteiger partial charge in [0.1, 0.15) is 0 Å². The van der Waals surface area contributed by atoms with Crippen molar-refractivity contribution >= 4 is 55.9 Å². The van der Waals surface area contributed by atoms with Gasteiger partial charge in [-0.25, -0.2) is 0 Å². The first-order chi connectivity index (χ1) is 31.6. The Kier molecular flexibility index (Phi) is 9.59. The number of para-hydroxylation sites is 3. The van der Waals surface area contributed by atoms with Gasteiger partial charge in [-0.15, -0.1) is 0 Å². The molecule has 63 heavy (non-hydrogen) atoms. The monoisotopic (exact) mass is 806 g/mol. The third-order valence-corrected chi connectivity index (χ3v) is 11.9. The quantitative estimate of drug-likeness (QED) is 0.136. The Labute approximate surface area is 370 Å². The van der Waals surface area contributed by atoms with E-state index in [2.05, 4.69) is 257 Å². The van der Waals surface area contributed by atoms with Crippen LogP contribution in [0.2, 0.25) is 0 Å². The Morgan fingerprint density at radius 1 is 0.270 bits per heavy atom. The fraction of sp³-hybridized carbons (Fsp3) is 0. The van der Waals surface area contributed by atoms with Crippen LogP contribution in [-0.4, -0.2) is 4.57 Å². The average molecular weight is 807 g/mol. The topological polar surface area (TPSA) is 11.4 Å². The summed E-state index contributed by atoms with van der Waals surface area (Å²) < 4.78 is 10.9. The maximum absolute atomic E-state index is 8.62. The van der Waals surface area contributed by atoms with Crippen LogP contribution in [0.25, 0.3) is 60.9 Å². The molecule has 0 N–H and O–H groups in total. The van der Waals surface area contributed by atoms with Crippen molar-refractivity contribution in [2.24, 2.45) is 0 Å². The zero-order chi connectivity index (χ0) is 42.8. The summed E-state index contributed by atoms with van der Waals surface area (Å²) in [6.45, 7) is 0. The van der Waals surface area contributed by atoms with Crippen LogP contribution in [0.5, 0.6) is 0 Å². The number of nitrogens with zero attached hydrogens (tertiary/aromatic N) is 3. The fourth-order valence-corrected chi connectivity index (χ4v) is 8.84. The van der Waals surface area contributed by atoms with Gasteiger partial charge in [0, 0.05) is 50.6 Å². The third kappa shape index (κ3) is 7.32. The zero-order valence-electron chi connectivity index (χ0n) is 35.6. The molecule has 0 spiro atoms. The van der Waals surface area contributed by atoms with E-state index in [0.29, 0.717) is 6.04 Å². The van der Waals surface area contributed by atoms with Crippen molar-refractivity contribution in [2.45, 2.75) is 0 Å². The molecule has 11 rings (SSSR count). The van der Waals surface area contributed by atoms with E-state index in [1.807, 2.05) is 12.1 Å². The van der Waals surface area contributed by atoms with Crippen LogP contribution in [0, 0.1) is 0 Å². The minimum atomic E-state index is 0.492. The van der Waals surface area contributed by atoms with Crippen LogP contribution < -0.4 is 9.80 Å². The largest absolute Gasteiger partial charge is 0.311 e. The normalized spacial score (nSPS) is 11.4. The summed E-state index contributed by atoms with van der Waals surface area (Å²) in [4.78, 5) is 4.60. The number of fused-ring (bicyclic) bond motifs is 3. The molecule has 3 heteroatoms. The van der Waals surface area contributed by atoms with E-state index >= 15 is 0 Å². The Balaban J connectivity index is 0.949. The third-order valence-electron chi connectivity index (χ3n) is 11.9. The van der Waals surface area contributed by atoms with Gasteiger partial charge < -0.3 is 14.4 Å². The highest BCUT2D eigenvalue weighted by atomic mass is 15.1. The Morgan fingerprint density at radius 2 is 0.619 bits per heavy atom. The lowest BCUT2D eigenvalue weighted by Gasteiger charge is -2.26. The fourth-order valence-electron chi connectivity index (χ4n) is 8.84. The van der Waals surface area contributed by atoms with Crippen molar-refractivity contribution < 1.29 is 1.37 Å². The summed E-state index contributed by atoms with van der Waals surface area (Å²) in [5.41, 5.74) is 16.8. The van der Waals surface area contributed by atoms with Gasteiger partial charge in [-0.3, -0.25) is 0 Å². The molecule has 0 bridgehead atoms. The zero-order valence-corrected chi connectivity index (χ0v) is 34.6. The molecule has 0 aliphatic carbocycles. The van der Waals surface area contributed by atoms with Crippen molar-refractivity contribution in [3.05, 3.63) is 261 Å². The first-order valence-electron chi connectivity index (χ1n) is 21.9. The lowest BCUT2D eigenvalue weighted by molar-refractivity contribution is 1.17. The van der Waals surface area contributed by atoms with Crippen LogP contribution >= 0.6 is 0 Å². The highest BCUT2D eigenvalue weighted by molar-refractivity contribution is 6.10. The maximum Gasteiger partial charge on any atom is 0.0623 e. The standard InChI is InChI=1S/C60H43N3/c1-5-15-44(16-6-1)46-25-32-52(33-26-46)62(53-34-27-47(28-35-53)45-17-7-2-8-18-45)54-36-29-48(30-37-54)49-31-42-60-58(43-49)57-23-13-14-24-59(57)63(60)56-40-38-55(39-41-56)61(50-19-9-3-10-20-50)51-21-11-4-12-22-51/h1-43H/i13D. The Morgan fingerprint density at radius 3 is 1.08 bits per heavy atom. The van der Waals surface area contributed by atoms with Crippen molar-refractivity contribution in [1.29, 1.82) is 0 Å². The average Bonchev–Trinajstić information content (AvgIpc) is 3.69. The molecule has 0 aliphatic rings. The molecule has 298 valence electrons. The summed E-state index contributed by atoms with van der Waals surface area (Å²) >= 11 is 0. The van der Waals surface area contributed by atoms with E-state index in [0.717, 1.165) is 72.7 Å². The van der Waals surface area contributed by atoms with Gasteiger partial charge in [0.25, 0.3) is 0 Å². The highest BCUT2D eigenvalue weighted by Gasteiger charge is 2.17. The summed E-state index contributed by atoms with van der Waals surface area (Å²) in [7, 11) is 0. The SMILES string of the molecule is [2H]c1ccc2c(c1)c1cc(-c3ccc(N(c4ccc(-c5ccccc5)cc4)c4ccc(-c5ccccc5)cc4)cc3)ccc1n2-c1ccc(N(c2ccccc2)c2ccccc2)cc1. The van der Waals surface area contributed by atoms with Crippen molar-refractivity contribution in [2.75, 3.05) is 9.80 Å². The van der Waals surface area contributed by atoms with Crippen LogP contribution in [0.3, 0.4) is 0 Å². The molecule has 0 atom stereocenters. The lowest BCUT2D eigenvalue weighted by Crippen LogP contribution is -2.09. The molecule has 0 fully saturated rings. The first-order valence-corrected chi connectivity index (χ1v) is 21.4. The molecule has 0 radical (unpaired) electrons. The predicted octanol–water partition coefficient (Wildman–Crippen LogP) is 16.7. The Hall–Kier alpha value is -8.40. The second-order valence-corrected chi connectivity index (χ2v) is 15.7. The van der Waals surface area contributed by atoms with Gasteiger partial charge in [-0.1, -0.05) is 158 Å². The van der Waals surface area contributed by atoms with Gasteiger partial charge in [0.15, 0.2) is 0 Å². The van der Waals surface area contributed by atoms with Gasteiger partial charge >= 0.3 is 0 Å². The van der Waals surface area contributed by atoms with E-state index in [1.165, 1.54) is 22.3 Å². The molecule has 10 aromatic carbocycles. The summed E-state index contributed by atoms with van der Waals surface area (Å²) in [6, 6.07) is 90.5. The van der Waals surface area contributed by atoms with Crippen molar-refractivity contribution in [3.63, 3.8) is 0 Å². The van der Waals surface area contributed by atoms with Crippen molar-refractivity contribution in [3.8, 4) is 39.1 Å². The number of benzene rings is 10. The second kappa shape index (κ2) is 16.6. The number of aromatic nitrogens is 1. The van der Waals surface area contributed by atoms with Crippen LogP contribution in [0.1, 0.15) is 1.37 Å². The van der Waals surface area contributed by atoms with E-state index in [-0.39, 0.29) is 0 Å². The van der Waals surface area contributed by atoms with Crippen LogP contribution in [0.4, 0.5) is 34.1 Å². The lowest BCUT2D eigenvalue weighted by atomic mass is 10.0. The molecule has 0 aliphatic heterocycles. The van der Waals surface area contributed by atoms with Gasteiger partial charge in [-0.05, 0) is 137 Å². The molecule has 0 unspecified atom stereocenters. The first kappa shape index (κ1) is 36.5. The molecular formula is C60H43N3. The molecule has 3 nitrogen and oxygen atoms in total. The van der Waals surface area contributed by atoms with E-state index in [4.69, 9.17) is 1.37 Å². The molecular weight excluding hydrogens is 763 g/mol. The van der Waals surface area contributed by atoms with Crippen LogP contribution in [-0.2, 0) is 0 Å². The molecule has 11 aromatic rings. The molecule has 0 saturated carbocycles. The van der Waals surface area contributed by atoms with E-state index < -0.39 is 0 Å². The number of hydrogen-bond acceptors (Lipinski definition) is 2. The minimum Gasteiger partial charge on any atom is -0.311 e. The Bertz CT molecular complexity index is 3210. The van der Waals surface area contributed by atoms with Gasteiger partial charge in [-0.2, -0.15) is 0 Å². The predicted molar refractivity (Wildman–Crippen MR) is 266 cm³/mol. The van der Waals surface area contributed by atoms with Crippen molar-refractivity contribution in [1.82, 2.24) is 4.57 Å². The molecule has 1 aromatic heterocycles. The van der Waals surface area contributed by atoms with Gasteiger partial charge in [0.2, 0.25) is 0 Å². The maximum atomic E-state index is 8.62. The number of anilines is 6. The second-order valence-electron chi connectivity index (χ2n) is 15.7. The summed E-state index contributed by atoms with van der Waals surface area (Å²) in [6.07, 6.45) is 0.